The van der Waals surface area contributed by atoms with Crippen LogP contribution in [0.1, 0.15) is 49.7 Å². The Morgan fingerprint density at radius 3 is 2.58 bits per heavy atom. The third kappa shape index (κ3) is 4.99. The first-order valence-corrected chi connectivity index (χ1v) is 8.93. The first-order valence-electron chi connectivity index (χ1n) is 8.12. The summed E-state index contributed by atoms with van der Waals surface area (Å²) in [7, 11) is 0. The maximum atomic E-state index is 12.0. The third-order valence-corrected chi connectivity index (χ3v) is 4.84. The molecule has 0 aliphatic heterocycles. The normalized spacial score (nSPS) is 11.4. The summed E-state index contributed by atoms with van der Waals surface area (Å²) < 4.78 is 0. The summed E-state index contributed by atoms with van der Waals surface area (Å²) in [5.41, 5.74) is 2.83. The molecule has 0 spiro atoms. The second-order valence-electron chi connectivity index (χ2n) is 6.68. The second kappa shape index (κ2) is 7.70. The summed E-state index contributed by atoms with van der Waals surface area (Å²) in [6.07, 6.45) is 4.94. The van der Waals surface area contributed by atoms with E-state index in [1.807, 2.05) is 6.92 Å². The van der Waals surface area contributed by atoms with E-state index < -0.39 is 0 Å². The predicted molar refractivity (Wildman–Crippen MR) is 97.7 cm³/mol. The van der Waals surface area contributed by atoms with Gasteiger partial charge in [-0.15, -0.1) is 11.3 Å². The molecule has 0 aliphatic rings. The summed E-state index contributed by atoms with van der Waals surface area (Å²) >= 11 is 1.55. The van der Waals surface area contributed by atoms with Crippen LogP contribution in [0.15, 0.2) is 12.4 Å². The highest BCUT2D eigenvalue weighted by Gasteiger charge is 2.22. The quantitative estimate of drug-likeness (QED) is 0.868. The molecule has 0 saturated carbocycles. The van der Waals surface area contributed by atoms with Gasteiger partial charge in [0, 0.05) is 30.2 Å². The molecular weight excluding hydrogens is 322 g/mol. The standard InChI is InChI=1S/C17H25N5OS/c1-6-13-14(17(3,4)5)24-16(21-13)22-15(23)19-8-7-12-10-18-9-11(2)20-12/h9-10H,6-8H2,1-5H3,(H2,19,21,22,23). The Hall–Kier alpha value is -2.02. The monoisotopic (exact) mass is 347 g/mol. The van der Waals surface area contributed by atoms with Crippen LogP contribution in [0.4, 0.5) is 9.93 Å². The van der Waals surface area contributed by atoms with Crippen molar-refractivity contribution in [2.45, 2.75) is 52.9 Å². The SMILES string of the molecule is CCc1nc(NC(=O)NCCc2cncc(C)n2)sc1C(C)(C)C. The van der Waals surface area contributed by atoms with Crippen molar-refractivity contribution >= 4 is 22.5 Å². The van der Waals surface area contributed by atoms with Crippen LogP contribution in [-0.4, -0.2) is 27.5 Å². The Morgan fingerprint density at radius 1 is 1.25 bits per heavy atom. The van der Waals surface area contributed by atoms with Crippen molar-refractivity contribution in [2.75, 3.05) is 11.9 Å². The fraction of sp³-hybridized carbons (Fsp3) is 0.529. The van der Waals surface area contributed by atoms with Gasteiger partial charge in [-0.1, -0.05) is 27.7 Å². The van der Waals surface area contributed by atoms with Crippen molar-refractivity contribution in [2.24, 2.45) is 0 Å². The predicted octanol–water partition coefficient (Wildman–Crippen LogP) is 3.47. The van der Waals surface area contributed by atoms with E-state index in [2.05, 4.69) is 53.3 Å². The summed E-state index contributed by atoms with van der Waals surface area (Å²) in [4.78, 5) is 26.2. The van der Waals surface area contributed by atoms with Crippen molar-refractivity contribution in [1.82, 2.24) is 20.3 Å². The molecule has 0 aliphatic carbocycles. The molecule has 0 unspecified atom stereocenters. The molecular formula is C17H25N5OS. The maximum absolute atomic E-state index is 12.0. The van der Waals surface area contributed by atoms with Gasteiger partial charge < -0.3 is 5.32 Å². The molecule has 0 radical (unpaired) electrons. The topological polar surface area (TPSA) is 79.8 Å². The highest BCUT2D eigenvalue weighted by molar-refractivity contribution is 7.16. The van der Waals surface area contributed by atoms with Crippen LogP contribution in [0.25, 0.3) is 0 Å². The number of carbonyl (C=O) groups is 1. The molecule has 2 aromatic heterocycles. The molecule has 24 heavy (non-hydrogen) atoms. The van der Waals surface area contributed by atoms with E-state index in [9.17, 15) is 4.79 Å². The number of aryl methyl sites for hydroxylation is 2. The van der Waals surface area contributed by atoms with E-state index in [1.165, 1.54) is 4.88 Å². The van der Waals surface area contributed by atoms with Gasteiger partial charge in [-0.25, -0.2) is 9.78 Å². The van der Waals surface area contributed by atoms with Gasteiger partial charge in [0.15, 0.2) is 5.13 Å². The van der Waals surface area contributed by atoms with Gasteiger partial charge in [0.05, 0.1) is 17.1 Å². The fourth-order valence-corrected chi connectivity index (χ4v) is 3.42. The number of nitrogens with zero attached hydrogens (tertiary/aromatic N) is 3. The van der Waals surface area contributed by atoms with Gasteiger partial charge in [0.25, 0.3) is 0 Å². The number of anilines is 1. The van der Waals surface area contributed by atoms with Gasteiger partial charge in [-0.05, 0) is 18.8 Å². The molecule has 0 bridgehead atoms. The van der Waals surface area contributed by atoms with E-state index in [0.29, 0.717) is 18.1 Å². The number of rotatable bonds is 5. The Morgan fingerprint density at radius 2 is 2.00 bits per heavy atom. The highest BCUT2D eigenvalue weighted by Crippen LogP contribution is 2.34. The van der Waals surface area contributed by atoms with E-state index >= 15 is 0 Å². The number of amides is 2. The van der Waals surface area contributed by atoms with E-state index in [1.54, 1.807) is 23.7 Å². The van der Waals surface area contributed by atoms with Crippen LogP contribution < -0.4 is 10.6 Å². The number of hydrogen-bond donors (Lipinski definition) is 2. The van der Waals surface area contributed by atoms with Crippen LogP contribution in [-0.2, 0) is 18.3 Å². The molecule has 2 rings (SSSR count). The van der Waals surface area contributed by atoms with Gasteiger partial charge >= 0.3 is 6.03 Å². The van der Waals surface area contributed by atoms with Crippen LogP contribution in [0.2, 0.25) is 0 Å². The molecule has 130 valence electrons. The zero-order chi connectivity index (χ0) is 17.7. The van der Waals surface area contributed by atoms with Crippen molar-refractivity contribution in [3.8, 4) is 0 Å². The highest BCUT2D eigenvalue weighted by atomic mass is 32.1. The molecule has 2 N–H and O–H groups in total. The average Bonchev–Trinajstić information content (AvgIpc) is 2.90. The maximum Gasteiger partial charge on any atom is 0.321 e. The minimum atomic E-state index is -0.243. The van der Waals surface area contributed by atoms with E-state index in [0.717, 1.165) is 23.5 Å². The summed E-state index contributed by atoms with van der Waals surface area (Å²) in [5, 5.41) is 6.30. The molecule has 2 aromatic rings. The molecule has 0 saturated heterocycles. The average molecular weight is 347 g/mol. The molecule has 0 aromatic carbocycles. The summed E-state index contributed by atoms with van der Waals surface area (Å²) in [6, 6.07) is -0.243. The lowest BCUT2D eigenvalue weighted by atomic mass is 9.93. The van der Waals surface area contributed by atoms with Gasteiger partial charge in [-0.2, -0.15) is 0 Å². The van der Waals surface area contributed by atoms with E-state index in [4.69, 9.17) is 0 Å². The van der Waals surface area contributed by atoms with Crippen molar-refractivity contribution in [3.63, 3.8) is 0 Å². The van der Waals surface area contributed by atoms with Crippen LogP contribution >= 0.6 is 11.3 Å². The second-order valence-corrected chi connectivity index (χ2v) is 7.68. The lowest BCUT2D eigenvalue weighted by molar-refractivity contribution is 0.252. The Balaban J connectivity index is 1.89. The molecule has 2 amide bonds. The van der Waals surface area contributed by atoms with Crippen LogP contribution in [0.3, 0.4) is 0 Å². The number of urea groups is 1. The molecule has 0 fully saturated rings. The Labute approximate surface area is 147 Å². The third-order valence-electron chi connectivity index (χ3n) is 3.41. The minimum absolute atomic E-state index is 0.0310. The van der Waals surface area contributed by atoms with Crippen molar-refractivity contribution in [1.29, 1.82) is 0 Å². The number of aromatic nitrogens is 3. The number of nitrogens with one attached hydrogen (secondary N) is 2. The van der Waals surface area contributed by atoms with Gasteiger partial charge in [-0.3, -0.25) is 15.3 Å². The van der Waals surface area contributed by atoms with Gasteiger partial charge in [0.1, 0.15) is 0 Å². The smallest absolute Gasteiger partial charge is 0.321 e. The minimum Gasteiger partial charge on any atom is -0.337 e. The molecule has 6 nitrogen and oxygen atoms in total. The lowest BCUT2D eigenvalue weighted by Gasteiger charge is -2.16. The first kappa shape index (κ1) is 18.3. The van der Waals surface area contributed by atoms with Crippen molar-refractivity contribution < 1.29 is 4.79 Å². The lowest BCUT2D eigenvalue weighted by Crippen LogP contribution is -2.30. The molecule has 0 atom stereocenters. The van der Waals surface area contributed by atoms with Crippen LogP contribution in [0, 0.1) is 6.92 Å². The zero-order valence-corrected chi connectivity index (χ0v) is 15.8. The van der Waals surface area contributed by atoms with Crippen molar-refractivity contribution in [3.05, 3.63) is 34.4 Å². The fourth-order valence-electron chi connectivity index (χ4n) is 2.31. The summed E-state index contributed by atoms with van der Waals surface area (Å²) in [5.74, 6) is 0. The number of hydrogen-bond acceptors (Lipinski definition) is 5. The first-order chi connectivity index (χ1) is 11.3. The largest absolute Gasteiger partial charge is 0.337 e. The zero-order valence-electron chi connectivity index (χ0n) is 14.9. The number of thiazole rings is 1. The molecule has 7 heteroatoms. The number of carbonyl (C=O) groups excluding carboxylic acids is 1. The summed E-state index contributed by atoms with van der Waals surface area (Å²) in [6.45, 7) is 11.0. The Bertz CT molecular complexity index is 705. The Kier molecular flexibility index (Phi) is 5.88. The van der Waals surface area contributed by atoms with Gasteiger partial charge in [0.2, 0.25) is 0 Å². The molecule has 2 heterocycles. The van der Waals surface area contributed by atoms with Crippen LogP contribution in [0.5, 0.6) is 0 Å². The van der Waals surface area contributed by atoms with E-state index in [-0.39, 0.29) is 11.4 Å².